The molecule has 1 aromatic heterocycles. The van der Waals surface area contributed by atoms with Crippen molar-refractivity contribution in [1.82, 2.24) is 4.98 Å². The van der Waals surface area contributed by atoms with Crippen LogP contribution in [0, 0.1) is 6.92 Å². The number of rotatable bonds is 3. The molecule has 0 spiro atoms. The zero-order valence-electron chi connectivity index (χ0n) is 10.8. The van der Waals surface area contributed by atoms with Gasteiger partial charge in [-0.05, 0) is 6.92 Å². The van der Waals surface area contributed by atoms with Crippen LogP contribution in [-0.2, 0) is 14.3 Å². The van der Waals surface area contributed by atoms with E-state index in [-0.39, 0.29) is 18.4 Å². The number of aliphatic hydroxyl groups is 1. The minimum absolute atomic E-state index is 0.163. The van der Waals surface area contributed by atoms with E-state index < -0.39 is 18.2 Å². The van der Waals surface area contributed by atoms with E-state index in [1.165, 1.54) is 13.3 Å². The Morgan fingerprint density at radius 3 is 3.00 bits per heavy atom. The van der Waals surface area contributed by atoms with Gasteiger partial charge in [0.1, 0.15) is 18.4 Å². The van der Waals surface area contributed by atoms with E-state index in [9.17, 15) is 14.7 Å². The molecule has 0 saturated carbocycles. The average molecular weight is 269 g/mol. The molecule has 1 saturated heterocycles. The highest BCUT2D eigenvalue weighted by Gasteiger charge is 2.40. The second-order valence-corrected chi connectivity index (χ2v) is 4.56. The van der Waals surface area contributed by atoms with Gasteiger partial charge in [-0.1, -0.05) is 0 Å². The van der Waals surface area contributed by atoms with Crippen molar-refractivity contribution in [3.63, 3.8) is 0 Å². The van der Waals surface area contributed by atoms with Crippen molar-refractivity contribution in [2.75, 3.05) is 6.61 Å². The quantitative estimate of drug-likeness (QED) is 0.552. The zero-order valence-corrected chi connectivity index (χ0v) is 10.8. The summed E-state index contributed by atoms with van der Waals surface area (Å²) in [5, 5.41) is 9.23. The molecule has 1 aliphatic rings. The third-order valence-electron chi connectivity index (χ3n) is 3.06. The van der Waals surface area contributed by atoms with Crippen molar-refractivity contribution >= 4 is 5.97 Å². The summed E-state index contributed by atoms with van der Waals surface area (Å²) in [7, 11) is 0. The molecule has 7 nitrogen and oxygen atoms in total. The molecule has 3 unspecified atom stereocenters. The molecule has 19 heavy (non-hydrogen) atoms. The number of ether oxygens (including phenoxy) is 2. The number of aliphatic hydroxyl groups excluding tert-OH is 1. The van der Waals surface area contributed by atoms with E-state index in [1.807, 2.05) is 0 Å². The first-order valence-corrected chi connectivity index (χ1v) is 6.05. The molecule has 1 aromatic rings. The van der Waals surface area contributed by atoms with Crippen LogP contribution in [0.5, 0.6) is 0 Å². The van der Waals surface area contributed by atoms with Crippen molar-refractivity contribution in [2.45, 2.75) is 38.7 Å². The Bertz CT molecular complexity index is 527. The fourth-order valence-electron chi connectivity index (χ4n) is 2.12. The van der Waals surface area contributed by atoms with Crippen LogP contribution in [0.15, 0.2) is 17.3 Å². The molecule has 0 radical (unpaired) electrons. The molecule has 2 heterocycles. The summed E-state index contributed by atoms with van der Waals surface area (Å²) in [5.41, 5.74) is 0.395. The van der Waals surface area contributed by atoms with Crippen molar-refractivity contribution in [3.05, 3.63) is 28.4 Å². The molecular weight excluding hydrogens is 252 g/mol. The van der Waals surface area contributed by atoms with E-state index in [2.05, 4.69) is 4.98 Å². The highest BCUT2D eigenvalue weighted by molar-refractivity contribution is 5.66. The number of nitrogens with one attached hydrogen (secondary N) is 1. The van der Waals surface area contributed by atoms with Gasteiger partial charge in [-0.3, -0.25) is 4.79 Å². The van der Waals surface area contributed by atoms with E-state index in [0.29, 0.717) is 12.0 Å². The third kappa shape index (κ3) is 2.99. The van der Waals surface area contributed by atoms with E-state index in [4.69, 9.17) is 9.47 Å². The lowest BCUT2D eigenvalue weighted by Gasteiger charge is -2.14. The van der Waals surface area contributed by atoms with Gasteiger partial charge in [-0.25, -0.2) is 14.3 Å². The fourth-order valence-corrected chi connectivity index (χ4v) is 2.12. The summed E-state index contributed by atoms with van der Waals surface area (Å²) >= 11 is 0. The van der Waals surface area contributed by atoms with Gasteiger partial charge in [-0.2, -0.15) is 0 Å². The number of esters is 1. The number of aromatic amines is 1. The summed E-state index contributed by atoms with van der Waals surface area (Å²) in [6.07, 6.45) is 2.19. The van der Waals surface area contributed by atoms with Crippen LogP contribution in [0.25, 0.3) is 0 Å². The van der Waals surface area contributed by atoms with Crippen molar-refractivity contribution < 1.29 is 23.9 Å². The van der Waals surface area contributed by atoms with Gasteiger partial charge in [0.25, 0.3) is 0 Å². The lowest BCUT2D eigenvalue weighted by Crippen LogP contribution is -2.42. The van der Waals surface area contributed by atoms with Gasteiger partial charge < -0.3 is 14.6 Å². The molecule has 2 rings (SSSR count). The summed E-state index contributed by atoms with van der Waals surface area (Å²) in [4.78, 5) is 24.9. The number of hydrogen-bond donors (Lipinski definition) is 2. The lowest BCUT2D eigenvalue weighted by atomic mass is 10.2. The minimum Gasteiger partial charge on any atom is -0.459 e. The van der Waals surface area contributed by atoms with E-state index in [0.717, 1.165) is 0 Å². The SMILES string of the molecule is CC(=O)OC1CC([n+]2c[nH]c(=O)c(C)c2)OC1CO. The molecule has 0 bridgehead atoms. The Kier molecular flexibility index (Phi) is 3.96. The van der Waals surface area contributed by atoms with Crippen molar-refractivity contribution in [1.29, 1.82) is 0 Å². The predicted octanol–water partition coefficient (Wildman–Crippen LogP) is -0.818. The number of carbonyl (C=O) groups excluding carboxylic acids is 1. The molecule has 1 fully saturated rings. The van der Waals surface area contributed by atoms with Gasteiger partial charge >= 0.3 is 11.5 Å². The standard InChI is InChI=1S/C12H16N2O5/c1-7-4-14(6-13-12(7)17)11-3-9(18-8(2)16)10(5-15)19-11/h4,6,9-11,15H,3,5H2,1-2H3/p+1. The number of aryl methyl sites for hydroxylation is 1. The monoisotopic (exact) mass is 269 g/mol. The summed E-state index contributed by atoms with van der Waals surface area (Å²) in [6.45, 7) is 2.79. The number of hydrogen-bond acceptors (Lipinski definition) is 5. The van der Waals surface area contributed by atoms with Crippen molar-refractivity contribution in [2.24, 2.45) is 0 Å². The number of H-pyrrole nitrogens is 1. The van der Waals surface area contributed by atoms with Crippen LogP contribution in [0.1, 0.15) is 25.1 Å². The summed E-state index contributed by atoms with van der Waals surface area (Å²) in [5.74, 6) is -0.407. The first-order valence-electron chi connectivity index (χ1n) is 6.05. The maximum Gasteiger partial charge on any atom is 0.337 e. The van der Waals surface area contributed by atoms with Gasteiger partial charge in [-0.15, -0.1) is 0 Å². The maximum atomic E-state index is 11.3. The molecule has 2 N–H and O–H groups in total. The lowest BCUT2D eigenvalue weighted by molar-refractivity contribution is -0.762. The third-order valence-corrected chi connectivity index (χ3v) is 3.06. The molecule has 7 heteroatoms. The smallest absolute Gasteiger partial charge is 0.337 e. The molecule has 0 amide bonds. The second kappa shape index (κ2) is 5.50. The van der Waals surface area contributed by atoms with Gasteiger partial charge in [0.05, 0.1) is 18.6 Å². The number of aromatic nitrogens is 2. The molecule has 3 atom stereocenters. The molecule has 0 aromatic carbocycles. The highest BCUT2D eigenvalue weighted by atomic mass is 16.6. The van der Waals surface area contributed by atoms with Crippen molar-refractivity contribution in [3.8, 4) is 0 Å². The first kappa shape index (κ1) is 13.7. The normalized spacial score (nSPS) is 26.4. The van der Waals surface area contributed by atoms with Crippen LogP contribution >= 0.6 is 0 Å². The zero-order chi connectivity index (χ0) is 14.0. The maximum absolute atomic E-state index is 11.3. The average Bonchev–Trinajstić information content (AvgIpc) is 2.75. The Morgan fingerprint density at radius 2 is 2.42 bits per heavy atom. The number of carbonyl (C=O) groups is 1. The molecule has 0 aliphatic carbocycles. The Hall–Kier alpha value is -1.73. The summed E-state index contributed by atoms with van der Waals surface area (Å²) in [6, 6.07) is 0. The second-order valence-electron chi connectivity index (χ2n) is 4.56. The van der Waals surface area contributed by atoms with Gasteiger partial charge in [0.2, 0.25) is 12.6 Å². The molecule has 1 aliphatic heterocycles. The topological polar surface area (TPSA) is 92.5 Å². The number of nitrogens with zero attached hydrogens (tertiary/aromatic N) is 1. The Morgan fingerprint density at radius 1 is 1.68 bits per heavy atom. The fraction of sp³-hybridized carbons (Fsp3) is 0.583. The minimum atomic E-state index is -0.548. The Labute approximate surface area is 109 Å². The van der Waals surface area contributed by atoms with E-state index in [1.54, 1.807) is 17.7 Å². The Balaban J connectivity index is 2.16. The van der Waals surface area contributed by atoms with Crippen LogP contribution in [-0.4, -0.2) is 34.9 Å². The van der Waals surface area contributed by atoms with Gasteiger partial charge in [0.15, 0.2) is 0 Å². The summed E-state index contributed by atoms with van der Waals surface area (Å²) < 4.78 is 12.4. The van der Waals surface area contributed by atoms with Crippen LogP contribution in [0.2, 0.25) is 0 Å². The first-order chi connectivity index (χ1) is 9.01. The predicted molar refractivity (Wildman–Crippen MR) is 63.2 cm³/mol. The molecule has 104 valence electrons. The van der Waals surface area contributed by atoms with Gasteiger partial charge in [0, 0.05) is 6.92 Å². The highest BCUT2D eigenvalue weighted by Crippen LogP contribution is 2.26. The van der Waals surface area contributed by atoms with E-state index >= 15 is 0 Å². The van der Waals surface area contributed by atoms with Crippen LogP contribution in [0.3, 0.4) is 0 Å². The van der Waals surface area contributed by atoms with Crippen LogP contribution < -0.4 is 10.1 Å². The molecular formula is C12H17N2O5+. The van der Waals surface area contributed by atoms with Crippen LogP contribution in [0.4, 0.5) is 0 Å². The largest absolute Gasteiger partial charge is 0.459 e.